The van der Waals surface area contributed by atoms with Crippen LogP contribution in [0, 0.1) is 5.41 Å². The van der Waals surface area contributed by atoms with Crippen LogP contribution in [0.3, 0.4) is 0 Å². The standard InChI is InChI=1S/C6H14N4O2.C4H7NO2S/c7-4(5(11)12)2-1-3-10-6(8)9;6-4(7)3-5-1-2-8-3/h4H,1-3,7H2,(H,11,12)(H4,8,9,10);3,5H,1-2H2,(H,6,7). The van der Waals surface area contributed by atoms with Crippen molar-refractivity contribution in [3.8, 4) is 0 Å². The van der Waals surface area contributed by atoms with Crippen molar-refractivity contribution in [2.24, 2.45) is 11.5 Å². The average molecular weight is 307 g/mol. The van der Waals surface area contributed by atoms with Gasteiger partial charge < -0.3 is 27.0 Å². The molecule has 1 aliphatic heterocycles. The molecule has 0 amide bonds. The fourth-order valence-corrected chi connectivity index (χ4v) is 2.10. The van der Waals surface area contributed by atoms with Crippen molar-refractivity contribution in [2.45, 2.75) is 24.3 Å². The normalized spacial score (nSPS) is 18.6. The molecule has 0 aliphatic carbocycles. The zero-order chi connectivity index (χ0) is 15.5. The fraction of sp³-hybridized carbons (Fsp3) is 0.700. The van der Waals surface area contributed by atoms with Gasteiger partial charge in [-0.25, -0.2) is 4.79 Å². The van der Waals surface area contributed by atoms with Crippen molar-refractivity contribution in [2.75, 3.05) is 18.8 Å². The highest BCUT2D eigenvalue weighted by Gasteiger charge is 2.20. The average Bonchev–Trinajstić information content (AvgIpc) is 2.88. The maximum atomic E-state index is 10.2. The summed E-state index contributed by atoms with van der Waals surface area (Å²) >= 11 is 1.44. The van der Waals surface area contributed by atoms with Crippen molar-refractivity contribution in [1.82, 2.24) is 10.6 Å². The summed E-state index contributed by atoms with van der Waals surface area (Å²) in [6, 6.07) is -0.821. The van der Waals surface area contributed by atoms with Crippen LogP contribution in [-0.2, 0) is 9.59 Å². The minimum absolute atomic E-state index is 0.112. The number of carboxylic acids is 2. The monoisotopic (exact) mass is 307 g/mol. The Labute approximate surface area is 121 Å². The van der Waals surface area contributed by atoms with Gasteiger partial charge in [-0.2, -0.15) is 0 Å². The number of guanidine groups is 1. The summed E-state index contributed by atoms with van der Waals surface area (Å²) in [7, 11) is 0. The Morgan fingerprint density at radius 1 is 1.50 bits per heavy atom. The Bertz CT molecular complexity index is 336. The van der Waals surface area contributed by atoms with Gasteiger partial charge >= 0.3 is 11.9 Å². The second-order valence-electron chi connectivity index (χ2n) is 3.97. The first-order chi connectivity index (χ1) is 9.34. The predicted molar refractivity (Wildman–Crippen MR) is 76.6 cm³/mol. The number of nitrogens with one attached hydrogen (secondary N) is 3. The number of hydrogen-bond donors (Lipinski definition) is 7. The molecule has 0 spiro atoms. The summed E-state index contributed by atoms with van der Waals surface area (Å²) in [6.07, 6.45) is 0.975. The van der Waals surface area contributed by atoms with Crippen molar-refractivity contribution >= 4 is 29.7 Å². The van der Waals surface area contributed by atoms with Crippen molar-refractivity contribution in [1.29, 1.82) is 5.41 Å². The SMILES string of the molecule is N=C(N)NCCCC(N)C(=O)O.O=C(O)C1NCCS1. The molecule has 2 atom stereocenters. The summed E-state index contributed by atoms with van der Waals surface area (Å²) in [5.41, 5.74) is 10.2. The molecule has 9 nitrogen and oxygen atoms in total. The molecule has 0 aromatic carbocycles. The smallest absolute Gasteiger partial charge is 0.331 e. The number of nitrogens with two attached hydrogens (primary N) is 2. The summed E-state index contributed by atoms with van der Waals surface area (Å²) in [5, 5.41) is 28.5. The second kappa shape index (κ2) is 10.3. The number of rotatable bonds is 6. The van der Waals surface area contributed by atoms with Crippen molar-refractivity contribution < 1.29 is 19.8 Å². The molecule has 20 heavy (non-hydrogen) atoms. The van der Waals surface area contributed by atoms with Crippen LogP contribution in [-0.4, -0.2) is 58.4 Å². The molecule has 10 heteroatoms. The molecular formula is C10H21N5O4S. The molecule has 1 rings (SSSR count). The molecule has 0 aromatic rings. The lowest BCUT2D eigenvalue weighted by Gasteiger charge is -2.06. The van der Waals surface area contributed by atoms with Gasteiger partial charge in [-0.1, -0.05) is 0 Å². The summed E-state index contributed by atoms with van der Waals surface area (Å²) in [4.78, 5) is 20.3. The third-order valence-corrected chi connectivity index (χ3v) is 3.41. The van der Waals surface area contributed by atoms with E-state index in [4.69, 9.17) is 27.1 Å². The van der Waals surface area contributed by atoms with Gasteiger partial charge in [0.1, 0.15) is 6.04 Å². The van der Waals surface area contributed by atoms with Gasteiger partial charge in [-0.15, -0.1) is 11.8 Å². The molecule has 9 N–H and O–H groups in total. The van der Waals surface area contributed by atoms with Gasteiger partial charge in [0.25, 0.3) is 0 Å². The molecule has 0 aromatic heterocycles. The van der Waals surface area contributed by atoms with Crippen LogP contribution >= 0.6 is 11.8 Å². The van der Waals surface area contributed by atoms with E-state index in [1.165, 1.54) is 11.8 Å². The molecule has 1 fully saturated rings. The molecule has 2 unspecified atom stereocenters. The Morgan fingerprint density at radius 2 is 2.15 bits per heavy atom. The van der Waals surface area contributed by atoms with Crippen molar-refractivity contribution in [3.05, 3.63) is 0 Å². The minimum atomic E-state index is -1.00. The van der Waals surface area contributed by atoms with E-state index in [0.717, 1.165) is 12.3 Å². The maximum absolute atomic E-state index is 10.2. The van der Waals surface area contributed by atoms with E-state index < -0.39 is 18.0 Å². The molecule has 116 valence electrons. The third kappa shape index (κ3) is 9.42. The first kappa shape index (κ1) is 18.5. The van der Waals surface area contributed by atoms with Crippen molar-refractivity contribution in [3.63, 3.8) is 0 Å². The van der Waals surface area contributed by atoms with E-state index in [1.54, 1.807) is 0 Å². The van der Waals surface area contributed by atoms with E-state index in [0.29, 0.717) is 19.4 Å². The van der Waals surface area contributed by atoms with Crippen LogP contribution < -0.4 is 22.1 Å². The summed E-state index contributed by atoms with van der Waals surface area (Å²) < 4.78 is 0. The van der Waals surface area contributed by atoms with Crippen LogP contribution in [0.15, 0.2) is 0 Å². The van der Waals surface area contributed by atoms with Gasteiger partial charge in [-0.05, 0) is 12.8 Å². The first-order valence-electron chi connectivity index (χ1n) is 5.98. The quantitative estimate of drug-likeness (QED) is 0.173. The van der Waals surface area contributed by atoms with Crippen LogP contribution in [0.5, 0.6) is 0 Å². The highest BCUT2D eigenvalue weighted by molar-refractivity contribution is 8.00. The zero-order valence-corrected chi connectivity index (χ0v) is 11.8. The Hall–Kier alpha value is -1.52. The lowest BCUT2D eigenvalue weighted by molar-refractivity contribution is -0.139. The minimum Gasteiger partial charge on any atom is -0.480 e. The van der Waals surface area contributed by atoms with Gasteiger partial charge in [0.05, 0.1) is 0 Å². The highest BCUT2D eigenvalue weighted by atomic mass is 32.2. The van der Waals surface area contributed by atoms with Crippen LogP contribution in [0.1, 0.15) is 12.8 Å². The Kier molecular flexibility index (Phi) is 9.51. The predicted octanol–water partition coefficient (Wildman–Crippen LogP) is -1.60. The molecule has 0 bridgehead atoms. The van der Waals surface area contributed by atoms with Crippen LogP contribution in [0.25, 0.3) is 0 Å². The van der Waals surface area contributed by atoms with E-state index >= 15 is 0 Å². The van der Waals surface area contributed by atoms with Gasteiger partial charge in [-0.3, -0.25) is 15.5 Å². The maximum Gasteiger partial charge on any atom is 0.331 e. The number of aliphatic carboxylic acids is 2. The van der Waals surface area contributed by atoms with Crippen LogP contribution in [0.2, 0.25) is 0 Å². The highest BCUT2D eigenvalue weighted by Crippen LogP contribution is 2.12. The molecule has 0 radical (unpaired) electrons. The van der Waals surface area contributed by atoms with Gasteiger partial charge in [0.15, 0.2) is 11.3 Å². The fourth-order valence-electron chi connectivity index (χ4n) is 1.25. The van der Waals surface area contributed by atoms with E-state index in [1.807, 2.05) is 0 Å². The van der Waals surface area contributed by atoms with E-state index in [2.05, 4.69) is 10.6 Å². The largest absolute Gasteiger partial charge is 0.480 e. The summed E-state index contributed by atoms with van der Waals surface area (Å²) in [6.45, 7) is 1.30. The molecule has 0 saturated carbocycles. The number of carboxylic acid groups (broad SMARTS) is 2. The lowest BCUT2D eigenvalue weighted by Crippen LogP contribution is -2.34. The van der Waals surface area contributed by atoms with E-state index in [-0.39, 0.29) is 11.3 Å². The number of carbonyl (C=O) groups is 2. The molecule has 1 aliphatic rings. The van der Waals surface area contributed by atoms with Gasteiger partial charge in [0, 0.05) is 18.8 Å². The summed E-state index contributed by atoms with van der Waals surface area (Å²) in [5.74, 6) is -0.957. The first-order valence-corrected chi connectivity index (χ1v) is 7.03. The molecular weight excluding hydrogens is 286 g/mol. The van der Waals surface area contributed by atoms with Gasteiger partial charge in [0.2, 0.25) is 0 Å². The molecule has 1 heterocycles. The zero-order valence-electron chi connectivity index (χ0n) is 11.0. The topological polar surface area (TPSA) is 175 Å². The Morgan fingerprint density at radius 3 is 2.50 bits per heavy atom. The third-order valence-electron chi connectivity index (χ3n) is 2.27. The Balaban J connectivity index is 0.000000388. The second-order valence-corrected chi connectivity index (χ2v) is 5.18. The molecule has 1 saturated heterocycles. The van der Waals surface area contributed by atoms with E-state index in [9.17, 15) is 9.59 Å². The van der Waals surface area contributed by atoms with Crippen LogP contribution in [0.4, 0.5) is 0 Å². The lowest BCUT2D eigenvalue weighted by atomic mass is 10.2. The number of thioether (sulfide) groups is 1. The number of hydrogen-bond acceptors (Lipinski definition) is 6.